The van der Waals surface area contributed by atoms with Crippen LogP contribution in [0.5, 0.6) is 0 Å². The molecule has 1 heterocycles. The second kappa shape index (κ2) is 8.13. The lowest BCUT2D eigenvalue weighted by atomic mass is 9.64. The predicted octanol–water partition coefficient (Wildman–Crippen LogP) is 2.79. The second-order valence-electron chi connectivity index (χ2n) is 6.52. The third-order valence-corrected chi connectivity index (χ3v) is 4.84. The fraction of sp³-hybridized carbons (Fsp3) is 0. The SMILES string of the molecule is O.O.[B](c1ccccc1)c1ccc2c(c1)c1ccccc1n2-c1ccccc1. The zero-order chi connectivity index (χ0) is 17.3. The van der Waals surface area contributed by atoms with Crippen molar-refractivity contribution in [3.8, 4) is 5.69 Å². The molecule has 3 nitrogen and oxygen atoms in total. The van der Waals surface area contributed by atoms with Gasteiger partial charge in [-0.3, -0.25) is 0 Å². The molecule has 0 aliphatic heterocycles. The van der Waals surface area contributed by atoms with Gasteiger partial charge in [-0.1, -0.05) is 89.8 Å². The van der Waals surface area contributed by atoms with Gasteiger partial charge in [0.2, 0.25) is 0 Å². The summed E-state index contributed by atoms with van der Waals surface area (Å²) in [6.45, 7) is 0. The van der Waals surface area contributed by atoms with Crippen LogP contribution in [-0.4, -0.2) is 22.8 Å². The van der Waals surface area contributed by atoms with Gasteiger partial charge in [0.1, 0.15) is 0 Å². The molecule has 137 valence electrons. The van der Waals surface area contributed by atoms with E-state index in [2.05, 4.69) is 109 Å². The van der Waals surface area contributed by atoms with Crippen LogP contribution in [0.4, 0.5) is 0 Å². The van der Waals surface area contributed by atoms with Crippen molar-refractivity contribution in [1.82, 2.24) is 4.57 Å². The largest absolute Gasteiger partial charge is 0.412 e. The van der Waals surface area contributed by atoms with Crippen LogP contribution in [0.25, 0.3) is 27.5 Å². The maximum absolute atomic E-state index is 2.34. The average Bonchev–Trinajstić information content (AvgIpc) is 3.03. The smallest absolute Gasteiger partial charge is 0.191 e. The van der Waals surface area contributed by atoms with Gasteiger partial charge in [-0.05, 0) is 24.3 Å². The summed E-state index contributed by atoms with van der Waals surface area (Å²) in [5, 5.41) is 2.57. The molecule has 0 aliphatic carbocycles. The van der Waals surface area contributed by atoms with Crippen LogP contribution in [0, 0.1) is 0 Å². The van der Waals surface area contributed by atoms with Crippen molar-refractivity contribution in [2.24, 2.45) is 0 Å². The molecule has 4 aromatic carbocycles. The number of para-hydroxylation sites is 2. The molecule has 0 saturated carbocycles. The number of hydrogen-bond acceptors (Lipinski definition) is 0. The molecule has 0 bridgehead atoms. The van der Waals surface area contributed by atoms with Crippen molar-refractivity contribution in [2.75, 3.05) is 0 Å². The van der Waals surface area contributed by atoms with Gasteiger partial charge < -0.3 is 15.5 Å². The lowest BCUT2D eigenvalue weighted by Crippen LogP contribution is -2.26. The zero-order valence-electron chi connectivity index (χ0n) is 15.3. The summed E-state index contributed by atoms with van der Waals surface area (Å²) in [6, 6.07) is 36.4. The van der Waals surface area contributed by atoms with E-state index in [1.54, 1.807) is 0 Å². The summed E-state index contributed by atoms with van der Waals surface area (Å²) in [6.07, 6.45) is 0. The molecule has 28 heavy (non-hydrogen) atoms. The van der Waals surface area contributed by atoms with Gasteiger partial charge in [0.25, 0.3) is 0 Å². The van der Waals surface area contributed by atoms with Gasteiger partial charge in [-0.2, -0.15) is 0 Å². The molecule has 5 aromatic rings. The van der Waals surface area contributed by atoms with E-state index in [1.807, 2.05) is 6.07 Å². The zero-order valence-corrected chi connectivity index (χ0v) is 15.3. The minimum atomic E-state index is 0. The Balaban J connectivity index is 0.00000112. The maximum Gasteiger partial charge on any atom is 0.191 e. The van der Waals surface area contributed by atoms with Crippen LogP contribution in [0.1, 0.15) is 0 Å². The van der Waals surface area contributed by atoms with Crippen LogP contribution < -0.4 is 10.9 Å². The number of rotatable bonds is 3. The van der Waals surface area contributed by atoms with Crippen molar-refractivity contribution in [1.29, 1.82) is 0 Å². The molecule has 0 spiro atoms. The van der Waals surface area contributed by atoms with Crippen molar-refractivity contribution in [3.05, 3.63) is 103 Å². The topological polar surface area (TPSA) is 67.9 Å². The molecule has 0 atom stereocenters. The highest BCUT2D eigenvalue weighted by molar-refractivity contribution is 6.67. The third kappa shape index (κ3) is 3.31. The van der Waals surface area contributed by atoms with Crippen LogP contribution in [-0.2, 0) is 0 Å². The first kappa shape index (κ1) is 19.4. The van der Waals surface area contributed by atoms with Gasteiger partial charge in [0.05, 0.1) is 11.0 Å². The van der Waals surface area contributed by atoms with Crippen molar-refractivity contribution >= 4 is 40.0 Å². The summed E-state index contributed by atoms with van der Waals surface area (Å²) in [5.74, 6) is 0. The highest BCUT2D eigenvalue weighted by atomic mass is 16.0. The number of hydrogen-bond donors (Lipinski definition) is 0. The fourth-order valence-electron chi connectivity index (χ4n) is 3.68. The molecule has 0 fully saturated rings. The highest BCUT2D eigenvalue weighted by Gasteiger charge is 2.12. The Morgan fingerprint density at radius 3 is 1.86 bits per heavy atom. The normalized spacial score (nSPS) is 10.3. The van der Waals surface area contributed by atoms with E-state index in [1.165, 1.54) is 38.4 Å². The standard InChI is InChI=1S/C24H17BN.2H2O/c1-3-9-18(10-4-1)25-19-15-16-24-22(17-19)21-13-7-8-14-23(21)26(24)20-11-5-2-6-12-20;;/h1-17H;2*1H2. The Hall–Kier alpha value is -3.34. The predicted molar refractivity (Wildman–Crippen MR) is 119 cm³/mol. The monoisotopic (exact) mass is 366 g/mol. The van der Waals surface area contributed by atoms with E-state index < -0.39 is 0 Å². The summed E-state index contributed by atoms with van der Waals surface area (Å²) in [5.41, 5.74) is 6.12. The molecule has 0 unspecified atom stereocenters. The van der Waals surface area contributed by atoms with Gasteiger partial charge in [0.15, 0.2) is 7.28 Å². The molecule has 5 rings (SSSR count). The van der Waals surface area contributed by atoms with Crippen LogP contribution in [0.2, 0.25) is 0 Å². The Morgan fingerprint density at radius 2 is 1.11 bits per heavy atom. The minimum absolute atomic E-state index is 0. The maximum atomic E-state index is 2.34. The van der Waals surface area contributed by atoms with Crippen LogP contribution >= 0.6 is 0 Å². The Morgan fingerprint density at radius 1 is 0.500 bits per heavy atom. The van der Waals surface area contributed by atoms with Gasteiger partial charge in [-0.15, -0.1) is 0 Å². The summed E-state index contributed by atoms with van der Waals surface area (Å²) in [4.78, 5) is 0. The molecule has 1 aromatic heterocycles. The number of aromatic nitrogens is 1. The molecule has 4 N–H and O–H groups in total. The summed E-state index contributed by atoms with van der Waals surface area (Å²) in [7, 11) is 2.23. The Bertz CT molecular complexity index is 1200. The minimum Gasteiger partial charge on any atom is -0.412 e. The number of nitrogens with zero attached hydrogens (tertiary/aromatic N) is 1. The van der Waals surface area contributed by atoms with Gasteiger partial charge in [-0.25, -0.2) is 0 Å². The van der Waals surface area contributed by atoms with E-state index >= 15 is 0 Å². The van der Waals surface area contributed by atoms with Crippen LogP contribution in [0.3, 0.4) is 0 Å². The number of fused-ring (bicyclic) bond motifs is 3. The Kier molecular flexibility index (Phi) is 5.64. The second-order valence-corrected chi connectivity index (χ2v) is 6.52. The average molecular weight is 366 g/mol. The quantitative estimate of drug-likeness (QED) is 0.441. The van der Waals surface area contributed by atoms with Crippen molar-refractivity contribution in [3.63, 3.8) is 0 Å². The van der Waals surface area contributed by atoms with E-state index in [0.717, 1.165) is 0 Å². The first-order valence-electron chi connectivity index (χ1n) is 8.88. The first-order valence-corrected chi connectivity index (χ1v) is 8.88. The summed E-state index contributed by atoms with van der Waals surface area (Å²) >= 11 is 0. The van der Waals surface area contributed by atoms with Crippen molar-refractivity contribution in [2.45, 2.75) is 0 Å². The molecule has 4 heteroatoms. The number of benzene rings is 4. The third-order valence-electron chi connectivity index (χ3n) is 4.84. The van der Waals surface area contributed by atoms with Gasteiger partial charge >= 0.3 is 0 Å². The molecular weight excluding hydrogens is 345 g/mol. The lowest BCUT2D eigenvalue weighted by Gasteiger charge is -2.07. The highest BCUT2D eigenvalue weighted by Crippen LogP contribution is 2.31. The fourth-order valence-corrected chi connectivity index (χ4v) is 3.68. The molecular formula is C24H21BNO2. The van der Waals surface area contributed by atoms with E-state index in [9.17, 15) is 0 Å². The van der Waals surface area contributed by atoms with Crippen molar-refractivity contribution < 1.29 is 11.0 Å². The van der Waals surface area contributed by atoms with Crippen LogP contribution in [0.15, 0.2) is 103 Å². The molecule has 0 saturated heterocycles. The summed E-state index contributed by atoms with van der Waals surface area (Å²) < 4.78 is 2.34. The lowest BCUT2D eigenvalue weighted by molar-refractivity contribution is 0.823. The molecule has 0 aliphatic rings. The molecule has 1 radical (unpaired) electrons. The van der Waals surface area contributed by atoms with Gasteiger partial charge in [0, 0.05) is 16.5 Å². The first-order chi connectivity index (χ1) is 12.9. The van der Waals surface area contributed by atoms with E-state index in [-0.39, 0.29) is 11.0 Å². The Labute approximate surface area is 164 Å². The van der Waals surface area contributed by atoms with E-state index in [4.69, 9.17) is 0 Å². The van der Waals surface area contributed by atoms with E-state index in [0.29, 0.717) is 0 Å². The molecule has 0 amide bonds.